The van der Waals surface area contributed by atoms with Crippen molar-refractivity contribution in [2.45, 2.75) is 6.92 Å². The van der Waals surface area contributed by atoms with Crippen LogP contribution in [0.5, 0.6) is 5.88 Å². The summed E-state index contributed by atoms with van der Waals surface area (Å²) in [6.45, 7) is 2.33. The topological polar surface area (TPSA) is 93.2 Å². The summed E-state index contributed by atoms with van der Waals surface area (Å²) >= 11 is 3.23. The molecule has 0 fully saturated rings. The first-order valence-electron chi connectivity index (χ1n) is 5.26. The zero-order chi connectivity index (χ0) is 13.6. The van der Waals surface area contributed by atoms with Crippen molar-refractivity contribution < 1.29 is 13.2 Å². The molecule has 9 heteroatoms. The van der Waals surface area contributed by atoms with E-state index in [4.69, 9.17) is 4.74 Å². The van der Waals surface area contributed by atoms with Crippen molar-refractivity contribution in [1.82, 2.24) is 14.7 Å². The van der Waals surface area contributed by atoms with Crippen LogP contribution in [0.4, 0.5) is 5.95 Å². The number of methoxy groups -OCH3 is 1. The molecule has 0 radical (unpaired) electrons. The minimum atomic E-state index is -3.23. The third kappa shape index (κ3) is 4.75. The van der Waals surface area contributed by atoms with Gasteiger partial charge >= 0.3 is 0 Å². The van der Waals surface area contributed by atoms with Gasteiger partial charge in [0.15, 0.2) is 0 Å². The molecule has 1 heterocycles. The quantitative estimate of drug-likeness (QED) is 0.756. The number of nitrogens with one attached hydrogen (secondary N) is 2. The van der Waals surface area contributed by atoms with Crippen LogP contribution in [0.25, 0.3) is 0 Å². The van der Waals surface area contributed by atoms with E-state index in [-0.39, 0.29) is 12.3 Å². The number of sulfonamides is 1. The lowest BCUT2D eigenvalue weighted by molar-refractivity contribution is 0.394. The van der Waals surface area contributed by atoms with E-state index in [1.165, 1.54) is 13.3 Å². The van der Waals surface area contributed by atoms with Crippen LogP contribution in [-0.2, 0) is 10.0 Å². The highest BCUT2D eigenvalue weighted by Gasteiger charge is 2.09. The molecule has 0 amide bonds. The van der Waals surface area contributed by atoms with Crippen molar-refractivity contribution in [1.29, 1.82) is 0 Å². The van der Waals surface area contributed by atoms with Gasteiger partial charge in [-0.3, -0.25) is 0 Å². The van der Waals surface area contributed by atoms with Crippen molar-refractivity contribution in [2.75, 3.05) is 31.3 Å². The molecule has 1 aromatic rings. The number of nitrogens with zero attached hydrogens (tertiary/aromatic N) is 2. The van der Waals surface area contributed by atoms with Crippen LogP contribution >= 0.6 is 15.9 Å². The Morgan fingerprint density at radius 2 is 2.22 bits per heavy atom. The highest BCUT2D eigenvalue weighted by atomic mass is 79.9. The van der Waals surface area contributed by atoms with E-state index < -0.39 is 10.0 Å². The van der Waals surface area contributed by atoms with Gasteiger partial charge in [0.2, 0.25) is 21.9 Å². The van der Waals surface area contributed by atoms with Gasteiger partial charge in [-0.1, -0.05) is 6.92 Å². The molecular weight excluding hydrogens is 324 g/mol. The van der Waals surface area contributed by atoms with Crippen molar-refractivity contribution in [3.8, 4) is 5.88 Å². The lowest BCUT2D eigenvalue weighted by Crippen LogP contribution is -2.29. The molecule has 0 aliphatic rings. The second-order valence-electron chi connectivity index (χ2n) is 3.29. The fraction of sp³-hybridized carbons (Fsp3) is 0.556. The first kappa shape index (κ1) is 15.1. The summed E-state index contributed by atoms with van der Waals surface area (Å²) in [6.07, 6.45) is 1.53. The van der Waals surface area contributed by atoms with Gasteiger partial charge in [0.25, 0.3) is 0 Å². The maximum Gasteiger partial charge on any atom is 0.232 e. The molecule has 1 aromatic heterocycles. The number of halogens is 1. The highest BCUT2D eigenvalue weighted by molar-refractivity contribution is 9.10. The Labute approximate surface area is 115 Å². The number of ether oxygens (including phenoxy) is 1. The zero-order valence-corrected chi connectivity index (χ0v) is 12.5. The van der Waals surface area contributed by atoms with Gasteiger partial charge < -0.3 is 10.1 Å². The fourth-order valence-corrected chi connectivity index (χ4v) is 2.48. The average molecular weight is 339 g/mol. The molecule has 0 unspecified atom stereocenters. The Morgan fingerprint density at radius 3 is 2.83 bits per heavy atom. The van der Waals surface area contributed by atoms with Crippen LogP contribution in [-0.4, -0.2) is 44.3 Å². The van der Waals surface area contributed by atoms with Gasteiger partial charge in [-0.05, 0) is 15.9 Å². The van der Waals surface area contributed by atoms with E-state index in [9.17, 15) is 8.42 Å². The van der Waals surface area contributed by atoms with E-state index >= 15 is 0 Å². The van der Waals surface area contributed by atoms with Gasteiger partial charge in [-0.2, -0.15) is 4.98 Å². The summed E-state index contributed by atoms with van der Waals surface area (Å²) in [5, 5.41) is 2.82. The molecule has 0 atom stereocenters. The first-order chi connectivity index (χ1) is 8.48. The van der Waals surface area contributed by atoms with Crippen molar-refractivity contribution in [3.63, 3.8) is 0 Å². The van der Waals surface area contributed by atoms with Gasteiger partial charge in [-0.15, -0.1) is 0 Å². The Bertz CT molecular complexity index is 495. The van der Waals surface area contributed by atoms with Gasteiger partial charge in [0, 0.05) is 13.1 Å². The summed E-state index contributed by atoms with van der Waals surface area (Å²) in [5.41, 5.74) is 0. The van der Waals surface area contributed by atoms with Gasteiger partial charge in [0.1, 0.15) is 0 Å². The molecule has 18 heavy (non-hydrogen) atoms. The summed E-state index contributed by atoms with van der Waals surface area (Å²) < 4.78 is 30.8. The summed E-state index contributed by atoms with van der Waals surface area (Å²) in [6, 6.07) is 0. The minimum absolute atomic E-state index is 0.0391. The van der Waals surface area contributed by atoms with Crippen LogP contribution in [0.15, 0.2) is 10.7 Å². The Morgan fingerprint density at radius 1 is 1.50 bits per heavy atom. The van der Waals surface area contributed by atoms with Gasteiger partial charge in [-0.25, -0.2) is 18.1 Å². The molecule has 0 saturated heterocycles. The lowest BCUT2D eigenvalue weighted by Gasteiger charge is -2.07. The second kappa shape index (κ2) is 6.86. The van der Waals surface area contributed by atoms with Crippen LogP contribution in [0.2, 0.25) is 0 Å². The van der Waals surface area contributed by atoms with Crippen LogP contribution in [0.1, 0.15) is 6.92 Å². The summed E-state index contributed by atoms with van der Waals surface area (Å²) in [7, 11) is -1.74. The smallest absolute Gasteiger partial charge is 0.232 e. The van der Waals surface area contributed by atoms with Crippen LogP contribution < -0.4 is 14.8 Å². The molecule has 0 spiro atoms. The standard InChI is InChI=1S/C9H15BrN4O3S/c1-3-13-18(15,16)5-4-11-9-12-6-7(10)8(14-9)17-2/h6,13H,3-5H2,1-2H3,(H,11,12,14). The zero-order valence-electron chi connectivity index (χ0n) is 10.1. The first-order valence-corrected chi connectivity index (χ1v) is 7.70. The molecule has 0 aliphatic heterocycles. The average Bonchev–Trinajstić information content (AvgIpc) is 2.31. The third-order valence-corrected chi connectivity index (χ3v) is 3.94. The molecule has 0 bridgehead atoms. The van der Waals surface area contributed by atoms with Crippen molar-refractivity contribution in [3.05, 3.63) is 10.7 Å². The van der Waals surface area contributed by atoms with E-state index in [2.05, 4.69) is 35.9 Å². The molecule has 2 N–H and O–H groups in total. The number of aromatic nitrogens is 2. The van der Waals surface area contributed by atoms with E-state index in [1.54, 1.807) is 6.92 Å². The predicted octanol–water partition coefficient (Wildman–Crippen LogP) is 0.599. The SMILES string of the molecule is CCNS(=O)(=O)CCNc1ncc(Br)c(OC)n1. The van der Waals surface area contributed by atoms with Crippen LogP contribution in [0, 0.1) is 0 Å². The minimum Gasteiger partial charge on any atom is -0.480 e. The Kier molecular flexibility index (Phi) is 5.76. The van der Waals surface area contributed by atoms with Crippen molar-refractivity contribution in [2.24, 2.45) is 0 Å². The highest BCUT2D eigenvalue weighted by Crippen LogP contribution is 2.21. The van der Waals surface area contributed by atoms with E-state index in [0.29, 0.717) is 22.8 Å². The summed E-state index contributed by atoms with van der Waals surface area (Å²) in [4.78, 5) is 8.04. The molecule has 0 aromatic carbocycles. The monoisotopic (exact) mass is 338 g/mol. The number of anilines is 1. The molecule has 0 saturated carbocycles. The van der Waals surface area contributed by atoms with Crippen LogP contribution in [0.3, 0.4) is 0 Å². The third-order valence-electron chi connectivity index (χ3n) is 1.92. The van der Waals surface area contributed by atoms with Gasteiger partial charge in [0.05, 0.1) is 23.5 Å². The normalized spacial score (nSPS) is 11.3. The molecule has 7 nitrogen and oxygen atoms in total. The Balaban J connectivity index is 2.54. The maximum atomic E-state index is 11.4. The summed E-state index contributed by atoms with van der Waals surface area (Å²) in [5.74, 6) is 0.673. The predicted molar refractivity (Wildman–Crippen MR) is 72.2 cm³/mol. The lowest BCUT2D eigenvalue weighted by atomic mass is 10.6. The largest absolute Gasteiger partial charge is 0.480 e. The second-order valence-corrected chi connectivity index (χ2v) is 6.08. The fourth-order valence-electron chi connectivity index (χ4n) is 1.17. The molecule has 0 aliphatic carbocycles. The molecule has 102 valence electrons. The van der Waals surface area contributed by atoms with E-state index in [1.807, 2.05) is 0 Å². The molecular formula is C9H15BrN4O3S. The van der Waals surface area contributed by atoms with E-state index in [0.717, 1.165) is 0 Å². The Hall–Kier alpha value is -0.930. The number of hydrogen-bond acceptors (Lipinski definition) is 6. The molecule has 1 rings (SSSR count). The number of hydrogen-bond donors (Lipinski definition) is 2. The number of rotatable bonds is 7. The van der Waals surface area contributed by atoms with Crippen molar-refractivity contribution >= 4 is 31.9 Å². The maximum absolute atomic E-state index is 11.4.